The fourth-order valence-corrected chi connectivity index (χ4v) is 4.33. The summed E-state index contributed by atoms with van der Waals surface area (Å²) in [5.74, 6) is 0.223. The predicted molar refractivity (Wildman–Crippen MR) is 89.2 cm³/mol. The lowest BCUT2D eigenvalue weighted by Gasteiger charge is -2.29. The molecule has 0 radical (unpaired) electrons. The Hall–Kier alpha value is -1.39. The standard InChI is InChI=1S/C19H26N2O2/c22-17(19(8-9-19)16-6-2-1-3-7-16)21-13-10-18(23,15-21)14-20-11-4-5-12-20/h1-3,6-7,23H,4-5,8-15H2/t18-/m1/s1. The first-order chi connectivity index (χ1) is 11.1. The van der Waals surface area contributed by atoms with Gasteiger partial charge in [-0.25, -0.2) is 0 Å². The van der Waals surface area contributed by atoms with E-state index in [-0.39, 0.29) is 11.3 Å². The molecule has 1 aliphatic carbocycles. The quantitative estimate of drug-likeness (QED) is 0.921. The SMILES string of the molecule is O=C(N1CC[C@@](O)(CN2CCCC2)C1)C1(c2ccccc2)CC1. The zero-order chi connectivity index (χ0) is 15.9. The van der Waals surface area contributed by atoms with Gasteiger partial charge in [-0.1, -0.05) is 30.3 Å². The minimum atomic E-state index is -0.716. The smallest absolute Gasteiger partial charge is 0.233 e. The minimum Gasteiger partial charge on any atom is -0.387 e. The van der Waals surface area contributed by atoms with Gasteiger partial charge in [0.25, 0.3) is 0 Å². The van der Waals surface area contributed by atoms with Crippen molar-refractivity contribution in [3.05, 3.63) is 35.9 Å². The highest BCUT2D eigenvalue weighted by Gasteiger charge is 2.55. The van der Waals surface area contributed by atoms with Crippen molar-refractivity contribution in [1.29, 1.82) is 0 Å². The number of carbonyl (C=O) groups is 1. The van der Waals surface area contributed by atoms with Crippen LogP contribution in [0, 0.1) is 0 Å². The Morgan fingerprint density at radius 1 is 1.04 bits per heavy atom. The summed E-state index contributed by atoms with van der Waals surface area (Å²) in [6, 6.07) is 10.1. The van der Waals surface area contributed by atoms with Gasteiger partial charge in [0.05, 0.1) is 17.6 Å². The van der Waals surface area contributed by atoms with Crippen molar-refractivity contribution in [3.8, 4) is 0 Å². The molecule has 3 aliphatic rings. The Bertz CT molecular complexity index is 578. The Morgan fingerprint density at radius 3 is 2.39 bits per heavy atom. The second-order valence-electron chi connectivity index (χ2n) is 7.63. The van der Waals surface area contributed by atoms with E-state index in [1.165, 1.54) is 12.8 Å². The van der Waals surface area contributed by atoms with E-state index in [0.29, 0.717) is 19.5 Å². The Kier molecular flexibility index (Phi) is 3.69. The maximum atomic E-state index is 13.1. The number of β-amino-alcohol motifs (C(OH)–C–C–N with tert-alkyl or cyclic N) is 1. The fraction of sp³-hybridized carbons (Fsp3) is 0.632. The van der Waals surface area contributed by atoms with Gasteiger partial charge in [0, 0.05) is 13.1 Å². The zero-order valence-corrected chi connectivity index (χ0v) is 13.7. The van der Waals surface area contributed by atoms with E-state index in [4.69, 9.17) is 0 Å². The van der Waals surface area contributed by atoms with Crippen molar-refractivity contribution in [2.45, 2.75) is 43.1 Å². The molecule has 23 heavy (non-hydrogen) atoms. The summed E-state index contributed by atoms with van der Waals surface area (Å²) in [7, 11) is 0. The molecular weight excluding hydrogens is 288 g/mol. The first-order valence-corrected chi connectivity index (χ1v) is 8.91. The average Bonchev–Trinajstić information content (AvgIpc) is 3.06. The van der Waals surface area contributed by atoms with Crippen molar-refractivity contribution in [1.82, 2.24) is 9.80 Å². The Balaban J connectivity index is 1.44. The summed E-state index contributed by atoms with van der Waals surface area (Å²) >= 11 is 0. The molecule has 2 heterocycles. The van der Waals surface area contributed by atoms with E-state index in [1.54, 1.807) is 0 Å². The van der Waals surface area contributed by atoms with Gasteiger partial charge in [0.15, 0.2) is 0 Å². The van der Waals surface area contributed by atoms with Crippen molar-refractivity contribution in [2.24, 2.45) is 0 Å². The van der Waals surface area contributed by atoms with Gasteiger partial charge in [0.2, 0.25) is 5.91 Å². The fourth-order valence-electron chi connectivity index (χ4n) is 4.33. The number of hydrogen-bond donors (Lipinski definition) is 1. The van der Waals surface area contributed by atoms with Crippen LogP contribution in [-0.4, -0.2) is 59.1 Å². The van der Waals surface area contributed by atoms with E-state index < -0.39 is 5.60 Å². The lowest BCUT2D eigenvalue weighted by molar-refractivity contribution is -0.134. The molecule has 2 aliphatic heterocycles. The molecule has 1 amide bonds. The molecule has 0 spiro atoms. The molecule has 3 fully saturated rings. The predicted octanol–water partition coefficient (Wildman–Crippen LogP) is 1.78. The lowest BCUT2D eigenvalue weighted by atomic mass is 9.94. The third kappa shape index (κ3) is 2.79. The van der Waals surface area contributed by atoms with Crippen LogP contribution in [-0.2, 0) is 10.2 Å². The van der Waals surface area contributed by atoms with Crippen molar-refractivity contribution >= 4 is 5.91 Å². The third-order valence-electron chi connectivity index (χ3n) is 5.82. The van der Waals surface area contributed by atoms with Crippen molar-refractivity contribution in [2.75, 3.05) is 32.7 Å². The average molecular weight is 314 g/mol. The van der Waals surface area contributed by atoms with E-state index in [0.717, 1.165) is 38.0 Å². The van der Waals surface area contributed by atoms with Crippen LogP contribution < -0.4 is 0 Å². The van der Waals surface area contributed by atoms with Crippen LogP contribution in [0.15, 0.2) is 30.3 Å². The second kappa shape index (κ2) is 5.60. The number of likely N-dealkylation sites (tertiary alicyclic amines) is 2. The van der Waals surface area contributed by atoms with Crippen molar-refractivity contribution < 1.29 is 9.90 Å². The molecule has 1 atom stereocenters. The minimum absolute atomic E-state index is 0.223. The topological polar surface area (TPSA) is 43.8 Å². The van der Waals surface area contributed by atoms with E-state index in [9.17, 15) is 9.90 Å². The van der Waals surface area contributed by atoms with E-state index in [2.05, 4.69) is 17.0 Å². The van der Waals surface area contributed by atoms with Gasteiger partial charge < -0.3 is 14.9 Å². The number of hydrogen-bond acceptors (Lipinski definition) is 3. The van der Waals surface area contributed by atoms with E-state index >= 15 is 0 Å². The van der Waals surface area contributed by atoms with Gasteiger partial charge in [0.1, 0.15) is 0 Å². The molecule has 4 heteroatoms. The molecule has 2 saturated heterocycles. The molecule has 0 unspecified atom stereocenters. The number of nitrogens with zero attached hydrogens (tertiary/aromatic N) is 2. The van der Waals surface area contributed by atoms with Crippen LogP contribution in [0.25, 0.3) is 0 Å². The van der Waals surface area contributed by atoms with Crippen molar-refractivity contribution in [3.63, 3.8) is 0 Å². The largest absolute Gasteiger partial charge is 0.387 e. The second-order valence-corrected chi connectivity index (χ2v) is 7.63. The van der Waals surface area contributed by atoms with Crippen LogP contribution in [0.1, 0.15) is 37.7 Å². The number of amides is 1. The molecule has 124 valence electrons. The molecule has 4 nitrogen and oxygen atoms in total. The summed E-state index contributed by atoms with van der Waals surface area (Å²) in [6.07, 6.45) is 5.06. The van der Waals surface area contributed by atoms with Crippen LogP contribution >= 0.6 is 0 Å². The summed E-state index contributed by atoms with van der Waals surface area (Å²) in [4.78, 5) is 17.3. The zero-order valence-electron chi connectivity index (χ0n) is 13.7. The van der Waals surface area contributed by atoms with Gasteiger partial charge in [-0.15, -0.1) is 0 Å². The highest BCUT2D eigenvalue weighted by Crippen LogP contribution is 2.50. The molecule has 4 rings (SSSR count). The summed E-state index contributed by atoms with van der Waals surface area (Å²) < 4.78 is 0. The number of carbonyl (C=O) groups excluding carboxylic acids is 1. The first-order valence-electron chi connectivity index (χ1n) is 8.91. The number of rotatable bonds is 4. The maximum Gasteiger partial charge on any atom is 0.233 e. The first kappa shape index (κ1) is 15.2. The summed E-state index contributed by atoms with van der Waals surface area (Å²) in [5, 5.41) is 10.9. The van der Waals surface area contributed by atoms with Gasteiger partial charge in [-0.3, -0.25) is 4.79 Å². The van der Waals surface area contributed by atoms with Gasteiger partial charge in [-0.05, 0) is 50.8 Å². The Labute approximate surface area is 138 Å². The van der Waals surface area contributed by atoms with E-state index in [1.807, 2.05) is 23.1 Å². The molecule has 1 aromatic carbocycles. The Morgan fingerprint density at radius 2 is 1.74 bits per heavy atom. The molecule has 0 aromatic heterocycles. The monoisotopic (exact) mass is 314 g/mol. The number of benzene rings is 1. The summed E-state index contributed by atoms with van der Waals surface area (Å²) in [5.41, 5.74) is 0.118. The maximum absolute atomic E-state index is 13.1. The molecule has 1 aromatic rings. The molecule has 1 saturated carbocycles. The molecule has 0 bridgehead atoms. The lowest BCUT2D eigenvalue weighted by Crippen LogP contribution is -2.46. The molecule has 1 N–H and O–H groups in total. The highest BCUT2D eigenvalue weighted by molar-refractivity contribution is 5.91. The van der Waals surface area contributed by atoms with Gasteiger partial charge in [-0.2, -0.15) is 0 Å². The van der Waals surface area contributed by atoms with Crippen LogP contribution in [0.3, 0.4) is 0 Å². The van der Waals surface area contributed by atoms with Gasteiger partial charge >= 0.3 is 0 Å². The van der Waals surface area contributed by atoms with Crippen LogP contribution in [0.4, 0.5) is 0 Å². The normalized spacial score (nSPS) is 29.9. The van der Waals surface area contributed by atoms with Crippen LogP contribution in [0.2, 0.25) is 0 Å². The molecular formula is C19H26N2O2. The summed E-state index contributed by atoms with van der Waals surface area (Å²) in [6.45, 7) is 4.08. The highest BCUT2D eigenvalue weighted by atomic mass is 16.3. The van der Waals surface area contributed by atoms with Crippen LogP contribution in [0.5, 0.6) is 0 Å². The number of aliphatic hydroxyl groups is 1. The third-order valence-corrected chi connectivity index (χ3v) is 5.82.